The summed E-state index contributed by atoms with van der Waals surface area (Å²) in [7, 11) is 0. The number of hydrogen-bond acceptors (Lipinski definition) is 2. The molecule has 2 rings (SSSR count). The van der Waals surface area contributed by atoms with Crippen molar-refractivity contribution in [2.75, 3.05) is 5.32 Å². The van der Waals surface area contributed by atoms with Gasteiger partial charge in [0.05, 0.1) is 0 Å². The molecule has 0 aromatic heterocycles. The molecule has 0 aliphatic rings. The number of nitrogens with one attached hydrogen (secondary N) is 1. The molecule has 0 saturated heterocycles. The van der Waals surface area contributed by atoms with Crippen LogP contribution in [-0.4, -0.2) is 5.11 Å². The Bertz CT molecular complexity index is 582. The molecule has 0 atom stereocenters. The van der Waals surface area contributed by atoms with Gasteiger partial charge in [-0.25, -0.2) is 0 Å². The molecule has 19 heavy (non-hydrogen) atoms. The SMILES string of the molecule is Cc1cc(NCc2c(C)cccc2C)c(C)cc1O. The van der Waals surface area contributed by atoms with E-state index in [1.807, 2.05) is 26.0 Å². The van der Waals surface area contributed by atoms with Crippen molar-refractivity contribution in [2.24, 2.45) is 0 Å². The highest BCUT2D eigenvalue weighted by molar-refractivity contribution is 5.57. The molecular formula is C17H21NO. The summed E-state index contributed by atoms with van der Waals surface area (Å²) in [4.78, 5) is 0. The van der Waals surface area contributed by atoms with E-state index in [1.165, 1.54) is 16.7 Å². The second kappa shape index (κ2) is 5.35. The Hall–Kier alpha value is -1.96. The number of phenolic OH excluding ortho intramolecular Hbond substituents is 1. The first-order valence-corrected chi connectivity index (χ1v) is 6.58. The predicted octanol–water partition coefficient (Wildman–Crippen LogP) is 4.24. The molecule has 0 bridgehead atoms. The summed E-state index contributed by atoms with van der Waals surface area (Å²) < 4.78 is 0. The first-order chi connectivity index (χ1) is 8.99. The minimum atomic E-state index is 0.357. The Balaban J connectivity index is 2.22. The first-order valence-electron chi connectivity index (χ1n) is 6.58. The largest absolute Gasteiger partial charge is 0.508 e. The second-order valence-electron chi connectivity index (χ2n) is 5.18. The molecule has 0 aliphatic heterocycles. The third kappa shape index (κ3) is 2.90. The number of aromatic hydroxyl groups is 1. The highest BCUT2D eigenvalue weighted by Crippen LogP contribution is 2.26. The van der Waals surface area contributed by atoms with Crippen molar-refractivity contribution in [1.29, 1.82) is 0 Å². The Morgan fingerprint density at radius 2 is 1.53 bits per heavy atom. The van der Waals surface area contributed by atoms with Crippen molar-refractivity contribution in [3.63, 3.8) is 0 Å². The molecular weight excluding hydrogens is 234 g/mol. The zero-order chi connectivity index (χ0) is 14.0. The zero-order valence-electron chi connectivity index (χ0n) is 12.0. The van der Waals surface area contributed by atoms with Crippen molar-refractivity contribution >= 4 is 5.69 Å². The Morgan fingerprint density at radius 3 is 2.16 bits per heavy atom. The Labute approximate surface area is 115 Å². The van der Waals surface area contributed by atoms with Gasteiger partial charge in [-0.3, -0.25) is 0 Å². The Kier molecular flexibility index (Phi) is 3.79. The fourth-order valence-electron chi connectivity index (χ4n) is 2.30. The van der Waals surface area contributed by atoms with Crippen molar-refractivity contribution in [1.82, 2.24) is 0 Å². The maximum Gasteiger partial charge on any atom is 0.118 e. The molecule has 2 N–H and O–H groups in total. The molecule has 0 heterocycles. The number of rotatable bonds is 3. The van der Waals surface area contributed by atoms with E-state index in [4.69, 9.17) is 0 Å². The van der Waals surface area contributed by atoms with Crippen LogP contribution in [0.3, 0.4) is 0 Å². The van der Waals surface area contributed by atoms with Crippen molar-refractivity contribution in [3.8, 4) is 5.75 Å². The molecule has 0 saturated carbocycles. The quantitative estimate of drug-likeness (QED) is 0.804. The Morgan fingerprint density at radius 1 is 0.895 bits per heavy atom. The first kappa shape index (κ1) is 13.5. The molecule has 2 heteroatoms. The summed E-state index contributed by atoms with van der Waals surface area (Å²) in [5, 5.41) is 13.1. The third-order valence-corrected chi connectivity index (χ3v) is 3.64. The van der Waals surface area contributed by atoms with Gasteiger partial charge in [-0.15, -0.1) is 0 Å². The van der Waals surface area contributed by atoms with Gasteiger partial charge in [-0.1, -0.05) is 18.2 Å². The van der Waals surface area contributed by atoms with Crippen LogP contribution in [0.4, 0.5) is 5.69 Å². The van der Waals surface area contributed by atoms with E-state index in [0.29, 0.717) is 5.75 Å². The van der Waals surface area contributed by atoms with Gasteiger partial charge in [0.2, 0.25) is 0 Å². The van der Waals surface area contributed by atoms with Crippen LogP contribution in [0.1, 0.15) is 27.8 Å². The van der Waals surface area contributed by atoms with Gasteiger partial charge in [-0.2, -0.15) is 0 Å². The maximum absolute atomic E-state index is 9.67. The van der Waals surface area contributed by atoms with Crippen molar-refractivity contribution < 1.29 is 5.11 Å². The minimum Gasteiger partial charge on any atom is -0.508 e. The van der Waals surface area contributed by atoms with Crippen LogP contribution >= 0.6 is 0 Å². The van der Waals surface area contributed by atoms with Gasteiger partial charge in [-0.05, 0) is 67.6 Å². The number of hydrogen-bond donors (Lipinski definition) is 2. The molecule has 0 fully saturated rings. The van der Waals surface area contributed by atoms with E-state index in [2.05, 4.69) is 37.4 Å². The molecule has 2 aromatic carbocycles. The van der Waals surface area contributed by atoms with Crippen LogP contribution in [0.15, 0.2) is 30.3 Å². The summed E-state index contributed by atoms with van der Waals surface area (Å²) in [5.41, 5.74) is 7.00. The maximum atomic E-state index is 9.67. The third-order valence-electron chi connectivity index (χ3n) is 3.64. The average molecular weight is 255 g/mol. The second-order valence-corrected chi connectivity index (χ2v) is 5.18. The smallest absolute Gasteiger partial charge is 0.118 e. The number of phenols is 1. The van der Waals surface area contributed by atoms with Crippen LogP contribution in [0.2, 0.25) is 0 Å². The zero-order valence-corrected chi connectivity index (χ0v) is 12.0. The molecule has 2 nitrogen and oxygen atoms in total. The van der Waals surface area contributed by atoms with E-state index in [1.54, 1.807) is 0 Å². The number of anilines is 1. The molecule has 0 spiro atoms. The lowest BCUT2D eigenvalue weighted by Crippen LogP contribution is -2.04. The summed E-state index contributed by atoms with van der Waals surface area (Å²) in [6.45, 7) is 9.01. The van der Waals surface area contributed by atoms with Crippen LogP contribution in [0.25, 0.3) is 0 Å². The molecule has 100 valence electrons. The van der Waals surface area contributed by atoms with Crippen LogP contribution < -0.4 is 5.32 Å². The van der Waals surface area contributed by atoms with E-state index < -0.39 is 0 Å². The average Bonchev–Trinajstić information content (AvgIpc) is 2.34. The summed E-state index contributed by atoms with van der Waals surface area (Å²) >= 11 is 0. The predicted molar refractivity (Wildman–Crippen MR) is 80.8 cm³/mol. The molecule has 0 unspecified atom stereocenters. The van der Waals surface area contributed by atoms with Gasteiger partial charge >= 0.3 is 0 Å². The molecule has 2 aromatic rings. The summed E-state index contributed by atoms with van der Waals surface area (Å²) in [6.07, 6.45) is 0. The van der Waals surface area contributed by atoms with Crippen LogP contribution in [-0.2, 0) is 6.54 Å². The lowest BCUT2D eigenvalue weighted by molar-refractivity contribution is 0.471. The molecule has 0 amide bonds. The van der Waals surface area contributed by atoms with Crippen molar-refractivity contribution in [2.45, 2.75) is 34.2 Å². The van der Waals surface area contributed by atoms with E-state index in [0.717, 1.165) is 23.4 Å². The van der Waals surface area contributed by atoms with E-state index in [-0.39, 0.29) is 0 Å². The van der Waals surface area contributed by atoms with Gasteiger partial charge < -0.3 is 10.4 Å². The van der Waals surface area contributed by atoms with E-state index in [9.17, 15) is 5.11 Å². The fourth-order valence-corrected chi connectivity index (χ4v) is 2.30. The van der Waals surface area contributed by atoms with Gasteiger partial charge in [0.25, 0.3) is 0 Å². The summed E-state index contributed by atoms with van der Waals surface area (Å²) in [5.74, 6) is 0.357. The summed E-state index contributed by atoms with van der Waals surface area (Å²) in [6, 6.07) is 10.2. The van der Waals surface area contributed by atoms with Crippen molar-refractivity contribution in [3.05, 3.63) is 58.1 Å². The van der Waals surface area contributed by atoms with Crippen LogP contribution in [0.5, 0.6) is 5.75 Å². The van der Waals surface area contributed by atoms with Gasteiger partial charge in [0, 0.05) is 12.2 Å². The highest BCUT2D eigenvalue weighted by Gasteiger charge is 2.05. The molecule has 0 aliphatic carbocycles. The molecule has 0 radical (unpaired) electrons. The highest BCUT2D eigenvalue weighted by atomic mass is 16.3. The topological polar surface area (TPSA) is 32.3 Å². The fraction of sp³-hybridized carbons (Fsp3) is 0.294. The van der Waals surface area contributed by atoms with E-state index >= 15 is 0 Å². The van der Waals surface area contributed by atoms with Gasteiger partial charge in [0.1, 0.15) is 5.75 Å². The lowest BCUT2D eigenvalue weighted by Gasteiger charge is -2.14. The standard InChI is InChI=1S/C17H21NO/c1-11-6-5-7-12(2)15(11)10-18-16-8-14(4)17(19)9-13(16)3/h5-9,18-19H,10H2,1-4H3. The van der Waals surface area contributed by atoms with Gasteiger partial charge in [0.15, 0.2) is 0 Å². The number of aryl methyl sites for hydroxylation is 4. The minimum absolute atomic E-state index is 0.357. The number of benzene rings is 2. The normalized spacial score (nSPS) is 10.5. The van der Waals surface area contributed by atoms with Crippen LogP contribution in [0, 0.1) is 27.7 Å². The monoisotopic (exact) mass is 255 g/mol. The lowest BCUT2D eigenvalue weighted by atomic mass is 10.0.